The molecule has 5 heteroatoms. The lowest BCUT2D eigenvalue weighted by atomic mass is 9.92. The van der Waals surface area contributed by atoms with E-state index in [4.69, 9.17) is 0 Å². The molecule has 106 valence electrons. The summed E-state index contributed by atoms with van der Waals surface area (Å²) in [6, 6.07) is 0.548. The molecular formula is C14H24N4O. The average molecular weight is 264 g/mol. The number of aromatic nitrogens is 2. The molecule has 0 aliphatic heterocycles. The van der Waals surface area contributed by atoms with Gasteiger partial charge in [-0.15, -0.1) is 0 Å². The molecule has 1 heterocycles. The summed E-state index contributed by atoms with van der Waals surface area (Å²) >= 11 is 0. The molecule has 0 atom stereocenters. The Hall–Kier alpha value is -1.52. The Labute approximate surface area is 114 Å². The summed E-state index contributed by atoms with van der Waals surface area (Å²) in [7, 11) is 0. The highest BCUT2D eigenvalue weighted by molar-refractivity contribution is 5.73. The number of hydrogen-bond donors (Lipinski definition) is 2. The Morgan fingerprint density at radius 2 is 2.16 bits per heavy atom. The number of amides is 2. The number of aryl methyl sites for hydroxylation is 1. The Bertz CT molecular complexity index is 423. The van der Waals surface area contributed by atoms with E-state index >= 15 is 0 Å². The van der Waals surface area contributed by atoms with Crippen LogP contribution in [-0.4, -0.2) is 28.7 Å². The third-order valence-corrected chi connectivity index (χ3v) is 3.67. The Balaban J connectivity index is 1.81. The smallest absolute Gasteiger partial charge is 0.314 e. The van der Waals surface area contributed by atoms with Crippen molar-refractivity contribution in [2.24, 2.45) is 0 Å². The predicted molar refractivity (Wildman–Crippen MR) is 75.2 cm³/mol. The van der Waals surface area contributed by atoms with Crippen molar-refractivity contribution in [3.63, 3.8) is 0 Å². The van der Waals surface area contributed by atoms with E-state index in [1.54, 1.807) is 0 Å². The van der Waals surface area contributed by atoms with E-state index in [0.717, 1.165) is 25.2 Å². The molecule has 5 nitrogen and oxygen atoms in total. The Kier molecular flexibility index (Phi) is 4.82. The van der Waals surface area contributed by atoms with Crippen molar-refractivity contribution in [2.75, 3.05) is 13.1 Å². The van der Waals surface area contributed by atoms with Gasteiger partial charge in [-0.3, -0.25) is 0 Å². The minimum absolute atomic E-state index is 0.0830. The number of carbonyl (C=O) groups is 1. The Morgan fingerprint density at radius 3 is 2.79 bits per heavy atom. The summed E-state index contributed by atoms with van der Waals surface area (Å²) in [4.78, 5) is 15.9. The maximum atomic E-state index is 11.4. The lowest BCUT2D eigenvalue weighted by Gasteiger charge is -2.29. The lowest BCUT2D eigenvalue weighted by molar-refractivity contribution is 0.241. The van der Waals surface area contributed by atoms with Crippen LogP contribution in [0.1, 0.15) is 50.2 Å². The fraction of sp³-hybridized carbons (Fsp3) is 0.714. The molecule has 1 aliphatic carbocycles. The largest absolute Gasteiger partial charge is 0.338 e. The first-order chi connectivity index (χ1) is 9.22. The lowest BCUT2D eigenvalue weighted by Crippen LogP contribution is -2.37. The van der Waals surface area contributed by atoms with Gasteiger partial charge in [-0.25, -0.2) is 9.78 Å². The van der Waals surface area contributed by atoms with Crippen molar-refractivity contribution in [3.05, 3.63) is 17.7 Å². The van der Waals surface area contributed by atoms with Crippen LogP contribution >= 0.6 is 0 Å². The zero-order valence-corrected chi connectivity index (χ0v) is 11.9. The molecule has 1 saturated carbocycles. The summed E-state index contributed by atoms with van der Waals surface area (Å²) in [5, 5.41) is 5.68. The van der Waals surface area contributed by atoms with Crippen LogP contribution in [0.2, 0.25) is 0 Å². The van der Waals surface area contributed by atoms with Gasteiger partial charge in [0.2, 0.25) is 0 Å². The number of hydrogen-bond acceptors (Lipinski definition) is 2. The fourth-order valence-electron chi connectivity index (χ4n) is 2.41. The molecular weight excluding hydrogens is 240 g/mol. The van der Waals surface area contributed by atoms with E-state index in [2.05, 4.69) is 27.1 Å². The highest BCUT2D eigenvalue weighted by Crippen LogP contribution is 2.33. The molecule has 2 amide bonds. The van der Waals surface area contributed by atoms with Crippen LogP contribution in [0.25, 0.3) is 0 Å². The van der Waals surface area contributed by atoms with Gasteiger partial charge < -0.3 is 15.2 Å². The molecule has 0 bridgehead atoms. The Morgan fingerprint density at radius 1 is 1.42 bits per heavy atom. The maximum absolute atomic E-state index is 11.4. The van der Waals surface area contributed by atoms with Gasteiger partial charge in [0, 0.05) is 37.4 Å². The van der Waals surface area contributed by atoms with Gasteiger partial charge in [-0.1, -0.05) is 6.92 Å². The third kappa shape index (κ3) is 3.49. The summed E-state index contributed by atoms with van der Waals surface area (Å²) in [6.07, 6.45) is 7.52. The van der Waals surface area contributed by atoms with Crippen molar-refractivity contribution >= 4 is 6.03 Å². The number of nitrogens with zero attached hydrogens (tertiary/aromatic N) is 2. The van der Waals surface area contributed by atoms with Crippen molar-refractivity contribution in [1.29, 1.82) is 0 Å². The number of urea groups is 1. The highest BCUT2D eigenvalue weighted by Gasteiger charge is 2.23. The molecule has 0 spiro atoms. The van der Waals surface area contributed by atoms with E-state index < -0.39 is 0 Å². The van der Waals surface area contributed by atoms with Gasteiger partial charge in [0.25, 0.3) is 0 Å². The van der Waals surface area contributed by atoms with E-state index in [-0.39, 0.29) is 6.03 Å². The summed E-state index contributed by atoms with van der Waals surface area (Å²) in [6.45, 7) is 5.51. The SMILES string of the molecule is CCCNC(=O)NCCc1ncc(C)n1C1CCC1. The minimum Gasteiger partial charge on any atom is -0.338 e. The van der Waals surface area contributed by atoms with Gasteiger partial charge in [-0.2, -0.15) is 0 Å². The van der Waals surface area contributed by atoms with Crippen molar-refractivity contribution < 1.29 is 4.79 Å². The summed E-state index contributed by atoms with van der Waals surface area (Å²) < 4.78 is 2.34. The van der Waals surface area contributed by atoms with E-state index in [9.17, 15) is 4.79 Å². The first-order valence-corrected chi connectivity index (χ1v) is 7.26. The molecule has 1 aromatic heterocycles. The molecule has 0 saturated heterocycles. The molecule has 1 fully saturated rings. The second kappa shape index (κ2) is 6.59. The van der Waals surface area contributed by atoms with Crippen molar-refractivity contribution in [2.45, 2.75) is 52.0 Å². The van der Waals surface area contributed by atoms with Gasteiger partial charge in [0.1, 0.15) is 5.82 Å². The third-order valence-electron chi connectivity index (χ3n) is 3.67. The average Bonchev–Trinajstić information content (AvgIpc) is 2.67. The van der Waals surface area contributed by atoms with Gasteiger partial charge >= 0.3 is 6.03 Å². The molecule has 0 aromatic carbocycles. The van der Waals surface area contributed by atoms with E-state index in [0.29, 0.717) is 12.6 Å². The number of nitrogens with one attached hydrogen (secondary N) is 2. The van der Waals surface area contributed by atoms with Gasteiger partial charge in [-0.05, 0) is 32.6 Å². The molecule has 1 aromatic rings. The second-order valence-electron chi connectivity index (χ2n) is 5.20. The molecule has 0 radical (unpaired) electrons. The molecule has 2 N–H and O–H groups in total. The first-order valence-electron chi connectivity index (χ1n) is 7.26. The monoisotopic (exact) mass is 264 g/mol. The standard InChI is InChI=1S/C14H24N4O/c1-3-8-15-14(19)16-9-7-13-17-10-11(2)18(13)12-5-4-6-12/h10,12H,3-9H2,1-2H3,(H2,15,16,19). The van der Waals surface area contributed by atoms with E-state index in [1.807, 2.05) is 13.1 Å². The second-order valence-corrected chi connectivity index (χ2v) is 5.20. The van der Waals surface area contributed by atoms with Crippen LogP contribution in [0, 0.1) is 6.92 Å². The van der Waals surface area contributed by atoms with Crippen LogP contribution in [0.5, 0.6) is 0 Å². The fourth-order valence-corrected chi connectivity index (χ4v) is 2.41. The van der Waals surface area contributed by atoms with Crippen LogP contribution in [0.4, 0.5) is 4.79 Å². The summed E-state index contributed by atoms with van der Waals surface area (Å²) in [5.74, 6) is 1.10. The maximum Gasteiger partial charge on any atom is 0.314 e. The highest BCUT2D eigenvalue weighted by atomic mass is 16.2. The molecule has 1 aliphatic rings. The molecule has 0 unspecified atom stereocenters. The van der Waals surface area contributed by atoms with Crippen LogP contribution in [0.15, 0.2) is 6.20 Å². The predicted octanol–water partition coefficient (Wildman–Crippen LogP) is 2.17. The number of carbonyl (C=O) groups excluding carboxylic acids is 1. The minimum atomic E-state index is -0.0830. The number of imidazole rings is 1. The first kappa shape index (κ1) is 13.9. The van der Waals surface area contributed by atoms with Crippen molar-refractivity contribution in [3.8, 4) is 0 Å². The van der Waals surface area contributed by atoms with Crippen molar-refractivity contribution in [1.82, 2.24) is 20.2 Å². The number of rotatable bonds is 6. The van der Waals surface area contributed by atoms with E-state index in [1.165, 1.54) is 25.0 Å². The van der Waals surface area contributed by atoms with Crippen LogP contribution in [0.3, 0.4) is 0 Å². The summed E-state index contributed by atoms with van der Waals surface area (Å²) in [5.41, 5.74) is 1.23. The normalized spacial score (nSPS) is 15.1. The van der Waals surface area contributed by atoms with Crippen LogP contribution in [-0.2, 0) is 6.42 Å². The zero-order valence-electron chi connectivity index (χ0n) is 11.9. The zero-order chi connectivity index (χ0) is 13.7. The topological polar surface area (TPSA) is 59.0 Å². The quantitative estimate of drug-likeness (QED) is 0.827. The van der Waals surface area contributed by atoms with Crippen LogP contribution < -0.4 is 10.6 Å². The van der Waals surface area contributed by atoms with Gasteiger partial charge in [0.05, 0.1) is 0 Å². The van der Waals surface area contributed by atoms with Gasteiger partial charge in [0.15, 0.2) is 0 Å². The molecule has 19 heavy (non-hydrogen) atoms. The molecule has 2 rings (SSSR count).